The van der Waals surface area contributed by atoms with Crippen LogP contribution in [0.4, 0.5) is 10.5 Å². The summed E-state index contributed by atoms with van der Waals surface area (Å²) in [6.07, 6.45) is 0. The Morgan fingerprint density at radius 3 is 2.40 bits per heavy atom. The number of anilines is 1. The average molecular weight is 275 g/mol. The van der Waals surface area contributed by atoms with Gasteiger partial charge in [0.1, 0.15) is 6.54 Å². The molecule has 0 unspecified atom stereocenters. The largest absolute Gasteiger partial charge is 0.480 e. The highest BCUT2D eigenvalue weighted by Crippen LogP contribution is 2.10. The first-order valence-electron chi connectivity index (χ1n) is 6.20. The summed E-state index contributed by atoms with van der Waals surface area (Å²) in [7, 11) is 0. The van der Waals surface area contributed by atoms with Gasteiger partial charge in [-0.2, -0.15) is 5.26 Å². The summed E-state index contributed by atoms with van der Waals surface area (Å²) in [5.74, 6) is -0.887. The van der Waals surface area contributed by atoms with Crippen molar-refractivity contribution in [2.45, 2.75) is 13.8 Å². The van der Waals surface area contributed by atoms with Crippen LogP contribution >= 0.6 is 0 Å². The average Bonchev–Trinajstić information content (AvgIpc) is 2.37. The molecular formula is C14H17N3O3. The predicted octanol–water partition coefficient (Wildman–Crippen LogP) is 2.13. The maximum atomic E-state index is 12.0. The van der Waals surface area contributed by atoms with E-state index in [0.717, 1.165) is 0 Å². The number of nitriles is 1. The molecule has 20 heavy (non-hydrogen) atoms. The molecule has 0 saturated carbocycles. The summed E-state index contributed by atoms with van der Waals surface area (Å²) in [5, 5.41) is 20.1. The van der Waals surface area contributed by atoms with Crippen molar-refractivity contribution in [2.24, 2.45) is 5.92 Å². The van der Waals surface area contributed by atoms with Gasteiger partial charge >= 0.3 is 12.0 Å². The van der Waals surface area contributed by atoms with E-state index in [9.17, 15) is 9.59 Å². The molecule has 0 aliphatic rings. The van der Waals surface area contributed by atoms with Gasteiger partial charge in [0.15, 0.2) is 0 Å². The second-order valence-electron chi connectivity index (χ2n) is 4.79. The van der Waals surface area contributed by atoms with Crippen LogP contribution in [0.3, 0.4) is 0 Å². The van der Waals surface area contributed by atoms with Gasteiger partial charge in [0.2, 0.25) is 0 Å². The summed E-state index contributed by atoms with van der Waals surface area (Å²) in [6, 6.07) is 7.88. The Bertz CT molecular complexity index is 517. The van der Waals surface area contributed by atoms with Crippen molar-refractivity contribution in [3.8, 4) is 6.07 Å². The number of carboxylic acids is 1. The van der Waals surface area contributed by atoms with E-state index in [1.165, 1.54) is 4.90 Å². The molecule has 1 aromatic carbocycles. The van der Waals surface area contributed by atoms with Gasteiger partial charge in [-0.1, -0.05) is 13.8 Å². The smallest absolute Gasteiger partial charge is 0.323 e. The quantitative estimate of drug-likeness (QED) is 0.860. The first kappa shape index (κ1) is 15.5. The van der Waals surface area contributed by atoms with Crippen LogP contribution in [-0.2, 0) is 4.79 Å². The highest BCUT2D eigenvalue weighted by molar-refractivity contribution is 5.91. The molecule has 0 heterocycles. The van der Waals surface area contributed by atoms with Gasteiger partial charge in [-0.25, -0.2) is 4.79 Å². The van der Waals surface area contributed by atoms with Crippen LogP contribution in [0.1, 0.15) is 19.4 Å². The van der Waals surface area contributed by atoms with Crippen LogP contribution in [0.2, 0.25) is 0 Å². The van der Waals surface area contributed by atoms with Gasteiger partial charge < -0.3 is 15.3 Å². The van der Waals surface area contributed by atoms with E-state index in [0.29, 0.717) is 17.8 Å². The maximum Gasteiger partial charge on any atom is 0.323 e. The molecule has 0 spiro atoms. The molecule has 106 valence electrons. The molecule has 0 aliphatic carbocycles. The van der Waals surface area contributed by atoms with Crippen molar-refractivity contribution in [2.75, 3.05) is 18.4 Å². The third-order valence-electron chi connectivity index (χ3n) is 2.46. The number of carbonyl (C=O) groups excluding carboxylic acids is 1. The van der Waals surface area contributed by atoms with Gasteiger partial charge in [0, 0.05) is 12.2 Å². The van der Waals surface area contributed by atoms with E-state index in [4.69, 9.17) is 10.4 Å². The predicted molar refractivity (Wildman–Crippen MR) is 74.2 cm³/mol. The number of rotatable bonds is 5. The summed E-state index contributed by atoms with van der Waals surface area (Å²) in [5.41, 5.74) is 1.01. The number of nitrogens with one attached hydrogen (secondary N) is 1. The van der Waals surface area contributed by atoms with Crippen molar-refractivity contribution in [3.05, 3.63) is 29.8 Å². The lowest BCUT2D eigenvalue weighted by Crippen LogP contribution is -2.40. The highest BCUT2D eigenvalue weighted by Gasteiger charge is 2.17. The van der Waals surface area contributed by atoms with E-state index in [2.05, 4.69) is 5.32 Å². The van der Waals surface area contributed by atoms with Crippen LogP contribution in [0.5, 0.6) is 0 Å². The normalized spacial score (nSPS) is 9.90. The molecule has 0 aromatic heterocycles. The van der Waals surface area contributed by atoms with Crippen molar-refractivity contribution in [3.63, 3.8) is 0 Å². The number of carbonyl (C=O) groups is 2. The van der Waals surface area contributed by atoms with Gasteiger partial charge in [0.25, 0.3) is 0 Å². The van der Waals surface area contributed by atoms with Gasteiger partial charge in [-0.05, 0) is 30.2 Å². The van der Waals surface area contributed by atoms with Crippen LogP contribution in [0.15, 0.2) is 24.3 Å². The topological polar surface area (TPSA) is 93.4 Å². The molecule has 2 N–H and O–H groups in total. The number of nitrogens with zero attached hydrogens (tertiary/aromatic N) is 2. The number of amides is 2. The first-order chi connectivity index (χ1) is 9.42. The van der Waals surface area contributed by atoms with Crippen molar-refractivity contribution >= 4 is 17.7 Å². The van der Waals surface area contributed by atoms with Gasteiger partial charge in [-0.15, -0.1) is 0 Å². The molecule has 0 aliphatic heterocycles. The molecule has 0 saturated heterocycles. The van der Waals surface area contributed by atoms with E-state index in [1.807, 2.05) is 19.9 Å². The van der Waals surface area contributed by atoms with Crippen molar-refractivity contribution in [1.29, 1.82) is 5.26 Å². The molecule has 1 aromatic rings. The summed E-state index contributed by atoms with van der Waals surface area (Å²) in [4.78, 5) is 24.0. The number of hydrogen-bond acceptors (Lipinski definition) is 3. The van der Waals surface area contributed by atoms with Gasteiger partial charge in [-0.3, -0.25) is 4.79 Å². The van der Waals surface area contributed by atoms with E-state index < -0.39 is 12.0 Å². The van der Waals surface area contributed by atoms with Crippen LogP contribution < -0.4 is 5.32 Å². The summed E-state index contributed by atoms with van der Waals surface area (Å²) >= 11 is 0. The molecule has 6 nitrogen and oxygen atoms in total. The van der Waals surface area contributed by atoms with Crippen molar-refractivity contribution in [1.82, 2.24) is 4.90 Å². The molecular weight excluding hydrogens is 258 g/mol. The zero-order valence-electron chi connectivity index (χ0n) is 11.5. The Hall–Kier alpha value is -2.55. The number of benzene rings is 1. The number of carboxylic acid groups (broad SMARTS) is 1. The van der Waals surface area contributed by atoms with Gasteiger partial charge in [0.05, 0.1) is 11.6 Å². The monoisotopic (exact) mass is 275 g/mol. The zero-order chi connectivity index (χ0) is 15.1. The Balaban J connectivity index is 2.73. The van der Waals surface area contributed by atoms with Crippen molar-refractivity contribution < 1.29 is 14.7 Å². The fourth-order valence-corrected chi connectivity index (χ4v) is 1.65. The molecule has 0 radical (unpaired) electrons. The molecule has 0 bridgehead atoms. The first-order valence-corrected chi connectivity index (χ1v) is 6.20. The minimum Gasteiger partial charge on any atom is -0.480 e. The maximum absolute atomic E-state index is 12.0. The Morgan fingerprint density at radius 2 is 1.95 bits per heavy atom. The lowest BCUT2D eigenvalue weighted by atomic mass is 10.2. The molecule has 2 amide bonds. The highest BCUT2D eigenvalue weighted by atomic mass is 16.4. The fourth-order valence-electron chi connectivity index (χ4n) is 1.65. The number of hydrogen-bond donors (Lipinski definition) is 2. The summed E-state index contributed by atoms with van der Waals surface area (Å²) < 4.78 is 0. The minimum atomic E-state index is -1.05. The Kier molecular flexibility index (Phi) is 5.54. The third kappa shape index (κ3) is 4.98. The molecule has 0 atom stereocenters. The zero-order valence-corrected chi connectivity index (χ0v) is 11.5. The second-order valence-corrected chi connectivity index (χ2v) is 4.79. The minimum absolute atomic E-state index is 0.168. The SMILES string of the molecule is CC(C)CN(CC(=O)O)C(=O)Nc1ccc(C#N)cc1. The number of aliphatic carboxylic acids is 1. The molecule has 0 fully saturated rings. The van der Waals surface area contributed by atoms with E-state index >= 15 is 0 Å². The Labute approximate surface area is 117 Å². The second kappa shape index (κ2) is 7.14. The van der Waals surface area contributed by atoms with Crippen LogP contribution in [-0.4, -0.2) is 35.1 Å². The molecule has 1 rings (SSSR count). The number of urea groups is 1. The third-order valence-corrected chi connectivity index (χ3v) is 2.46. The van der Waals surface area contributed by atoms with Crippen LogP contribution in [0, 0.1) is 17.2 Å². The van der Waals surface area contributed by atoms with E-state index in [-0.39, 0.29) is 12.5 Å². The fraction of sp³-hybridized carbons (Fsp3) is 0.357. The lowest BCUT2D eigenvalue weighted by Gasteiger charge is -2.23. The van der Waals surface area contributed by atoms with E-state index in [1.54, 1.807) is 24.3 Å². The Morgan fingerprint density at radius 1 is 1.35 bits per heavy atom. The standard InChI is InChI=1S/C14H17N3O3/c1-10(2)8-17(9-13(18)19)14(20)16-12-5-3-11(7-15)4-6-12/h3-6,10H,8-9H2,1-2H3,(H,16,20)(H,18,19). The lowest BCUT2D eigenvalue weighted by molar-refractivity contribution is -0.137. The van der Waals surface area contributed by atoms with Crippen LogP contribution in [0.25, 0.3) is 0 Å². The molecule has 6 heteroatoms. The summed E-state index contributed by atoms with van der Waals surface area (Å²) in [6.45, 7) is 3.82.